The number of anilines is 1. The summed E-state index contributed by atoms with van der Waals surface area (Å²) in [5.74, 6) is 0.680. The predicted octanol–water partition coefficient (Wildman–Crippen LogP) is 4.07. The van der Waals surface area contributed by atoms with Crippen molar-refractivity contribution in [1.82, 2.24) is 4.98 Å². The van der Waals surface area contributed by atoms with Gasteiger partial charge in [0, 0.05) is 10.7 Å². The van der Waals surface area contributed by atoms with Gasteiger partial charge >= 0.3 is 0 Å². The van der Waals surface area contributed by atoms with Gasteiger partial charge in [-0.25, -0.2) is 4.98 Å². The van der Waals surface area contributed by atoms with E-state index < -0.39 is 0 Å². The van der Waals surface area contributed by atoms with Crippen molar-refractivity contribution >= 4 is 39.3 Å². The number of rotatable bonds is 3. The number of benzene rings is 1. The van der Waals surface area contributed by atoms with E-state index in [-0.39, 0.29) is 5.91 Å². The molecule has 0 fully saturated rings. The Bertz CT molecular complexity index is 644. The topological polar surface area (TPSA) is 51.2 Å². The SMILES string of the molecule is COc1c(C)cc(Br)cc1C(=O)Nc1ccc(Cl)cn1. The van der Waals surface area contributed by atoms with Gasteiger partial charge in [-0.05, 0) is 36.8 Å². The average Bonchev–Trinajstić information content (AvgIpc) is 2.40. The van der Waals surface area contributed by atoms with Crippen LogP contribution >= 0.6 is 27.5 Å². The number of carbonyl (C=O) groups excluding carboxylic acids is 1. The molecule has 2 aromatic rings. The molecule has 20 heavy (non-hydrogen) atoms. The fourth-order valence-electron chi connectivity index (χ4n) is 1.80. The zero-order chi connectivity index (χ0) is 14.7. The van der Waals surface area contributed by atoms with Crippen LogP contribution in [0.4, 0.5) is 5.82 Å². The molecule has 0 aliphatic carbocycles. The lowest BCUT2D eigenvalue weighted by molar-refractivity contribution is 0.102. The van der Waals surface area contributed by atoms with Crippen LogP contribution < -0.4 is 10.1 Å². The van der Waals surface area contributed by atoms with Crippen molar-refractivity contribution in [2.45, 2.75) is 6.92 Å². The summed E-state index contributed by atoms with van der Waals surface area (Å²) >= 11 is 9.12. The molecule has 6 heteroatoms. The molecule has 104 valence electrons. The quantitative estimate of drug-likeness (QED) is 0.903. The fourth-order valence-corrected chi connectivity index (χ4v) is 2.49. The van der Waals surface area contributed by atoms with Gasteiger partial charge in [0.05, 0.1) is 17.7 Å². The van der Waals surface area contributed by atoms with Gasteiger partial charge in [0.15, 0.2) is 0 Å². The summed E-state index contributed by atoms with van der Waals surface area (Å²) in [6, 6.07) is 6.89. The highest BCUT2D eigenvalue weighted by molar-refractivity contribution is 9.10. The molecule has 2 rings (SSSR count). The third-order valence-electron chi connectivity index (χ3n) is 2.66. The third kappa shape index (κ3) is 3.29. The Labute approximate surface area is 130 Å². The number of aromatic nitrogens is 1. The first-order chi connectivity index (χ1) is 9.51. The lowest BCUT2D eigenvalue weighted by Crippen LogP contribution is -2.14. The van der Waals surface area contributed by atoms with E-state index in [2.05, 4.69) is 26.2 Å². The Morgan fingerprint density at radius 2 is 2.15 bits per heavy atom. The molecule has 0 saturated heterocycles. The number of carbonyl (C=O) groups is 1. The van der Waals surface area contributed by atoms with Crippen molar-refractivity contribution in [2.24, 2.45) is 0 Å². The molecule has 0 unspecified atom stereocenters. The molecule has 1 aromatic carbocycles. The maximum absolute atomic E-state index is 12.3. The first-order valence-corrected chi connectivity index (χ1v) is 6.95. The van der Waals surface area contributed by atoms with E-state index in [1.165, 1.54) is 13.3 Å². The summed E-state index contributed by atoms with van der Waals surface area (Å²) in [6.07, 6.45) is 1.47. The van der Waals surface area contributed by atoms with Crippen molar-refractivity contribution in [3.8, 4) is 5.75 Å². The van der Waals surface area contributed by atoms with Gasteiger partial charge < -0.3 is 10.1 Å². The summed E-state index contributed by atoms with van der Waals surface area (Å²) in [5.41, 5.74) is 1.31. The Hall–Kier alpha value is -1.59. The molecule has 0 atom stereocenters. The summed E-state index contributed by atoms with van der Waals surface area (Å²) in [4.78, 5) is 16.3. The van der Waals surface area contributed by atoms with Crippen molar-refractivity contribution in [3.63, 3.8) is 0 Å². The van der Waals surface area contributed by atoms with Crippen LogP contribution in [0.1, 0.15) is 15.9 Å². The van der Waals surface area contributed by atoms with Crippen LogP contribution in [-0.4, -0.2) is 18.0 Å². The van der Waals surface area contributed by atoms with E-state index in [4.69, 9.17) is 16.3 Å². The second-order valence-electron chi connectivity index (χ2n) is 4.12. The normalized spacial score (nSPS) is 10.2. The number of aryl methyl sites for hydroxylation is 1. The lowest BCUT2D eigenvalue weighted by Gasteiger charge is -2.12. The van der Waals surface area contributed by atoms with E-state index in [1.54, 1.807) is 18.2 Å². The molecule has 1 heterocycles. The van der Waals surface area contributed by atoms with Crippen LogP contribution in [-0.2, 0) is 0 Å². The largest absolute Gasteiger partial charge is 0.496 e. The van der Waals surface area contributed by atoms with Gasteiger partial charge in [0.1, 0.15) is 11.6 Å². The van der Waals surface area contributed by atoms with Crippen LogP contribution in [0, 0.1) is 6.92 Å². The molecule has 0 aliphatic rings. The molecule has 0 radical (unpaired) electrons. The van der Waals surface area contributed by atoms with Crippen molar-refractivity contribution in [3.05, 3.63) is 51.1 Å². The van der Waals surface area contributed by atoms with Crippen LogP contribution in [0.5, 0.6) is 5.75 Å². The Kier molecular flexibility index (Phi) is 4.62. The van der Waals surface area contributed by atoms with Gasteiger partial charge in [-0.2, -0.15) is 0 Å². The van der Waals surface area contributed by atoms with E-state index in [0.717, 1.165) is 10.0 Å². The van der Waals surface area contributed by atoms with Crippen LogP contribution in [0.15, 0.2) is 34.9 Å². The van der Waals surface area contributed by atoms with Crippen molar-refractivity contribution < 1.29 is 9.53 Å². The number of ether oxygens (including phenoxy) is 1. The molecule has 0 aliphatic heterocycles. The maximum Gasteiger partial charge on any atom is 0.260 e. The standard InChI is InChI=1S/C14H12BrClN2O2/c1-8-5-9(15)6-11(13(8)20-2)14(19)18-12-4-3-10(16)7-17-12/h3-7H,1-2H3,(H,17,18,19). The van der Waals surface area contributed by atoms with Gasteiger partial charge in [-0.1, -0.05) is 27.5 Å². The highest BCUT2D eigenvalue weighted by Crippen LogP contribution is 2.28. The highest BCUT2D eigenvalue weighted by Gasteiger charge is 2.16. The van der Waals surface area contributed by atoms with Gasteiger partial charge in [-0.3, -0.25) is 4.79 Å². The van der Waals surface area contributed by atoms with Gasteiger partial charge in [-0.15, -0.1) is 0 Å². The molecule has 1 N–H and O–H groups in total. The second kappa shape index (κ2) is 6.24. The second-order valence-corrected chi connectivity index (χ2v) is 5.47. The van der Waals surface area contributed by atoms with Gasteiger partial charge in [0.25, 0.3) is 5.91 Å². The zero-order valence-corrected chi connectivity index (χ0v) is 13.2. The number of halogens is 2. The highest BCUT2D eigenvalue weighted by atomic mass is 79.9. The predicted molar refractivity (Wildman–Crippen MR) is 82.6 cm³/mol. The molecule has 0 bridgehead atoms. The van der Waals surface area contributed by atoms with E-state index >= 15 is 0 Å². The molecule has 4 nitrogen and oxygen atoms in total. The molecule has 1 amide bonds. The Balaban J connectivity index is 2.31. The fraction of sp³-hybridized carbons (Fsp3) is 0.143. The van der Waals surface area contributed by atoms with E-state index in [9.17, 15) is 4.79 Å². The summed E-state index contributed by atoms with van der Waals surface area (Å²) in [7, 11) is 1.54. The third-order valence-corrected chi connectivity index (χ3v) is 3.34. The molecule has 0 spiro atoms. The van der Waals surface area contributed by atoms with Crippen LogP contribution in [0.3, 0.4) is 0 Å². The minimum atomic E-state index is -0.291. The molecule has 1 aromatic heterocycles. The molecule has 0 saturated carbocycles. The lowest BCUT2D eigenvalue weighted by atomic mass is 10.1. The molecular weight excluding hydrogens is 344 g/mol. The van der Waals surface area contributed by atoms with E-state index in [0.29, 0.717) is 22.2 Å². The summed E-state index contributed by atoms with van der Waals surface area (Å²) in [5, 5.41) is 3.22. The number of methoxy groups -OCH3 is 1. The van der Waals surface area contributed by atoms with Gasteiger partial charge in [0.2, 0.25) is 0 Å². The number of pyridine rings is 1. The van der Waals surface area contributed by atoms with Crippen molar-refractivity contribution in [1.29, 1.82) is 0 Å². The monoisotopic (exact) mass is 354 g/mol. The number of nitrogens with one attached hydrogen (secondary N) is 1. The summed E-state index contributed by atoms with van der Waals surface area (Å²) < 4.78 is 6.10. The maximum atomic E-state index is 12.3. The first-order valence-electron chi connectivity index (χ1n) is 5.78. The number of amides is 1. The Morgan fingerprint density at radius 1 is 1.40 bits per heavy atom. The van der Waals surface area contributed by atoms with Crippen molar-refractivity contribution in [2.75, 3.05) is 12.4 Å². The smallest absolute Gasteiger partial charge is 0.260 e. The minimum absolute atomic E-state index is 0.291. The van der Waals surface area contributed by atoms with E-state index in [1.807, 2.05) is 13.0 Å². The van der Waals surface area contributed by atoms with Crippen LogP contribution in [0.2, 0.25) is 5.02 Å². The minimum Gasteiger partial charge on any atom is -0.496 e. The number of hydrogen-bond donors (Lipinski definition) is 1. The zero-order valence-electron chi connectivity index (χ0n) is 10.9. The average molecular weight is 356 g/mol. The molecular formula is C14H12BrClN2O2. The number of hydrogen-bond acceptors (Lipinski definition) is 3. The number of nitrogens with zero attached hydrogens (tertiary/aromatic N) is 1. The Morgan fingerprint density at radius 3 is 2.75 bits per heavy atom. The summed E-state index contributed by atoms with van der Waals surface area (Å²) in [6.45, 7) is 1.88. The van der Waals surface area contributed by atoms with Crippen LogP contribution in [0.25, 0.3) is 0 Å². The first kappa shape index (κ1) is 14.8.